The molecule has 4 nitrogen and oxygen atoms in total. The van der Waals surface area contributed by atoms with E-state index >= 15 is 0 Å². The zero-order valence-electron chi connectivity index (χ0n) is 11.9. The number of hydrogen-bond acceptors (Lipinski definition) is 3. The first-order valence-electron chi connectivity index (χ1n) is 6.44. The number of carboxylic acids is 1. The van der Waals surface area contributed by atoms with E-state index in [1.54, 1.807) is 19.1 Å². The van der Waals surface area contributed by atoms with E-state index in [1.807, 2.05) is 19.9 Å². The lowest BCUT2D eigenvalue weighted by Crippen LogP contribution is -2.37. The van der Waals surface area contributed by atoms with Crippen molar-refractivity contribution in [3.05, 3.63) is 29.3 Å². The van der Waals surface area contributed by atoms with Crippen LogP contribution in [0.2, 0.25) is 0 Å². The Hall–Kier alpha value is -1.55. The highest BCUT2D eigenvalue weighted by atomic mass is 16.5. The zero-order valence-corrected chi connectivity index (χ0v) is 11.9. The summed E-state index contributed by atoms with van der Waals surface area (Å²) in [6, 6.07) is 5.41. The van der Waals surface area contributed by atoms with E-state index in [0.29, 0.717) is 24.2 Å². The number of aliphatic hydroxyl groups is 1. The molecule has 19 heavy (non-hydrogen) atoms. The molecule has 0 bridgehead atoms. The van der Waals surface area contributed by atoms with Gasteiger partial charge in [-0.05, 0) is 32.4 Å². The molecule has 0 aliphatic heterocycles. The van der Waals surface area contributed by atoms with Gasteiger partial charge in [-0.3, -0.25) is 4.79 Å². The van der Waals surface area contributed by atoms with E-state index in [9.17, 15) is 15.0 Å². The minimum Gasteiger partial charge on any atom is -0.496 e. The smallest absolute Gasteiger partial charge is 0.309 e. The molecular formula is C15H22O4. The molecule has 4 heteroatoms. The van der Waals surface area contributed by atoms with Crippen LogP contribution in [-0.4, -0.2) is 23.3 Å². The summed E-state index contributed by atoms with van der Waals surface area (Å²) < 4.78 is 5.24. The number of ether oxygens (including phenoxy) is 1. The summed E-state index contributed by atoms with van der Waals surface area (Å²) in [4.78, 5) is 11.4. The maximum Gasteiger partial charge on any atom is 0.309 e. The van der Waals surface area contributed by atoms with Crippen molar-refractivity contribution in [2.24, 2.45) is 5.92 Å². The summed E-state index contributed by atoms with van der Waals surface area (Å²) >= 11 is 0. The largest absolute Gasteiger partial charge is 0.496 e. The monoisotopic (exact) mass is 266 g/mol. The standard InChI is InChI=1S/C15H22O4/c1-5-6-11(14(16)17)15(3,18)12-9-10(2)7-8-13(12)19-4/h7-9,11,18H,5-6H2,1-4H3,(H,16,17). The van der Waals surface area contributed by atoms with Crippen molar-refractivity contribution in [1.29, 1.82) is 0 Å². The molecule has 1 aromatic carbocycles. The number of carbonyl (C=O) groups is 1. The summed E-state index contributed by atoms with van der Waals surface area (Å²) in [5.74, 6) is -1.33. The van der Waals surface area contributed by atoms with Gasteiger partial charge in [-0.15, -0.1) is 0 Å². The highest BCUT2D eigenvalue weighted by Crippen LogP contribution is 2.38. The van der Waals surface area contributed by atoms with Gasteiger partial charge in [0.25, 0.3) is 0 Å². The number of aliphatic carboxylic acids is 1. The molecule has 0 fully saturated rings. The van der Waals surface area contributed by atoms with Gasteiger partial charge in [0, 0.05) is 5.56 Å². The van der Waals surface area contributed by atoms with E-state index in [4.69, 9.17) is 4.74 Å². The number of benzene rings is 1. The van der Waals surface area contributed by atoms with Gasteiger partial charge < -0.3 is 14.9 Å². The van der Waals surface area contributed by atoms with Crippen LogP contribution >= 0.6 is 0 Å². The first kappa shape index (κ1) is 15.5. The number of rotatable bonds is 6. The normalized spacial score (nSPS) is 15.6. The van der Waals surface area contributed by atoms with Crippen LogP contribution in [0.15, 0.2) is 18.2 Å². The molecule has 0 aliphatic rings. The van der Waals surface area contributed by atoms with E-state index in [1.165, 1.54) is 7.11 Å². The van der Waals surface area contributed by atoms with Crippen molar-refractivity contribution in [1.82, 2.24) is 0 Å². The van der Waals surface area contributed by atoms with Crippen LogP contribution in [0.3, 0.4) is 0 Å². The van der Waals surface area contributed by atoms with Crippen molar-refractivity contribution >= 4 is 5.97 Å². The quantitative estimate of drug-likeness (QED) is 0.830. The first-order valence-corrected chi connectivity index (χ1v) is 6.44. The molecule has 0 amide bonds. The maximum atomic E-state index is 11.4. The van der Waals surface area contributed by atoms with Gasteiger partial charge in [-0.2, -0.15) is 0 Å². The summed E-state index contributed by atoms with van der Waals surface area (Å²) in [5, 5.41) is 20.1. The second-order valence-electron chi connectivity index (χ2n) is 5.03. The number of hydrogen-bond donors (Lipinski definition) is 2. The molecule has 0 aromatic heterocycles. The second-order valence-corrected chi connectivity index (χ2v) is 5.03. The van der Waals surface area contributed by atoms with Crippen LogP contribution in [0.25, 0.3) is 0 Å². The molecule has 1 aromatic rings. The maximum absolute atomic E-state index is 11.4. The fraction of sp³-hybridized carbons (Fsp3) is 0.533. The molecule has 106 valence electrons. The van der Waals surface area contributed by atoms with Gasteiger partial charge in [0.1, 0.15) is 11.4 Å². The van der Waals surface area contributed by atoms with Crippen molar-refractivity contribution in [3.8, 4) is 5.75 Å². The number of carboxylic acid groups (broad SMARTS) is 1. The fourth-order valence-corrected chi connectivity index (χ4v) is 2.34. The molecule has 0 aliphatic carbocycles. The Morgan fingerprint density at radius 3 is 2.58 bits per heavy atom. The Kier molecular flexibility index (Phi) is 4.95. The van der Waals surface area contributed by atoms with Crippen molar-refractivity contribution in [2.75, 3.05) is 7.11 Å². The lowest BCUT2D eigenvalue weighted by atomic mass is 9.79. The molecule has 1 rings (SSSR count). The first-order chi connectivity index (χ1) is 8.84. The Labute approximate surface area is 114 Å². The molecule has 2 atom stereocenters. The number of aryl methyl sites for hydroxylation is 1. The van der Waals surface area contributed by atoms with Gasteiger partial charge in [0.05, 0.1) is 13.0 Å². The van der Waals surface area contributed by atoms with E-state index in [-0.39, 0.29) is 0 Å². The summed E-state index contributed by atoms with van der Waals surface area (Å²) in [7, 11) is 1.51. The predicted molar refractivity (Wildman–Crippen MR) is 73.3 cm³/mol. The van der Waals surface area contributed by atoms with Crippen LogP contribution < -0.4 is 4.74 Å². The van der Waals surface area contributed by atoms with Crippen LogP contribution in [0.1, 0.15) is 37.8 Å². The molecule has 0 heterocycles. The van der Waals surface area contributed by atoms with E-state index in [2.05, 4.69) is 0 Å². The third-order valence-electron chi connectivity index (χ3n) is 3.45. The van der Waals surface area contributed by atoms with Gasteiger partial charge in [0.2, 0.25) is 0 Å². The summed E-state index contributed by atoms with van der Waals surface area (Å²) in [5.41, 5.74) is 0.0201. The van der Waals surface area contributed by atoms with Gasteiger partial charge >= 0.3 is 5.97 Å². The average molecular weight is 266 g/mol. The highest BCUT2D eigenvalue weighted by molar-refractivity contribution is 5.72. The third-order valence-corrected chi connectivity index (χ3v) is 3.45. The highest BCUT2D eigenvalue weighted by Gasteiger charge is 2.40. The Morgan fingerprint density at radius 2 is 2.11 bits per heavy atom. The van der Waals surface area contributed by atoms with Crippen LogP contribution in [0.5, 0.6) is 5.75 Å². The van der Waals surface area contributed by atoms with Crippen LogP contribution in [0, 0.1) is 12.8 Å². The molecule has 0 saturated carbocycles. The second kappa shape index (κ2) is 6.06. The SMILES string of the molecule is CCCC(C(=O)O)C(C)(O)c1cc(C)ccc1OC. The lowest BCUT2D eigenvalue weighted by molar-refractivity contribution is -0.152. The Balaban J connectivity index is 3.30. The van der Waals surface area contributed by atoms with Crippen molar-refractivity contribution < 1.29 is 19.7 Å². The molecule has 0 spiro atoms. The zero-order chi connectivity index (χ0) is 14.6. The molecule has 0 saturated heterocycles. The van der Waals surface area contributed by atoms with E-state index in [0.717, 1.165) is 5.56 Å². The Bertz CT molecular complexity index is 451. The Morgan fingerprint density at radius 1 is 1.47 bits per heavy atom. The van der Waals surface area contributed by atoms with Crippen LogP contribution in [-0.2, 0) is 10.4 Å². The minimum absolute atomic E-state index is 0.416. The van der Waals surface area contributed by atoms with Gasteiger partial charge in [-0.1, -0.05) is 25.0 Å². The van der Waals surface area contributed by atoms with E-state index < -0.39 is 17.5 Å². The van der Waals surface area contributed by atoms with Crippen LogP contribution in [0.4, 0.5) is 0 Å². The lowest BCUT2D eigenvalue weighted by Gasteiger charge is -2.31. The van der Waals surface area contributed by atoms with Gasteiger partial charge in [0.15, 0.2) is 0 Å². The average Bonchev–Trinajstić information content (AvgIpc) is 2.35. The molecule has 2 unspecified atom stereocenters. The summed E-state index contributed by atoms with van der Waals surface area (Å²) in [6.07, 6.45) is 1.11. The number of methoxy groups -OCH3 is 1. The fourth-order valence-electron chi connectivity index (χ4n) is 2.34. The topological polar surface area (TPSA) is 66.8 Å². The van der Waals surface area contributed by atoms with Gasteiger partial charge in [-0.25, -0.2) is 0 Å². The van der Waals surface area contributed by atoms with Crippen molar-refractivity contribution in [2.45, 2.75) is 39.2 Å². The molecular weight excluding hydrogens is 244 g/mol. The predicted octanol–water partition coefficient (Wildman–Crippen LogP) is 2.71. The summed E-state index contributed by atoms with van der Waals surface area (Å²) in [6.45, 7) is 5.34. The molecule has 0 radical (unpaired) electrons. The third kappa shape index (κ3) is 3.26. The minimum atomic E-state index is -1.46. The van der Waals surface area contributed by atoms with Crippen molar-refractivity contribution in [3.63, 3.8) is 0 Å². The molecule has 2 N–H and O–H groups in total.